The van der Waals surface area contributed by atoms with E-state index in [-0.39, 0.29) is 5.84 Å². The van der Waals surface area contributed by atoms with E-state index in [0.717, 1.165) is 9.80 Å². The van der Waals surface area contributed by atoms with E-state index < -0.39 is 11.1 Å². The van der Waals surface area contributed by atoms with Crippen LogP contribution in [0.4, 0.5) is 0 Å². The molecule has 0 amide bonds. The summed E-state index contributed by atoms with van der Waals surface area (Å²) in [6.45, 7) is 15.3. The van der Waals surface area contributed by atoms with E-state index in [1.807, 2.05) is 30.3 Å². The van der Waals surface area contributed by atoms with Gasteiger partial charge in [0, 0.05) is 25.7 Å². The van der Waals surface area contributed by atoms with E-state index in [1.54, 1.807) is 24.3 Å². The fraction of sp³-hybridized carbons (Fsp3) is 0.286. The summed E-state index contributed by atoms with van der Waals surface area (Å²) in [5.41, 5.74) is -1.18. The third kappa shape index (κ3) is 2.72. The molecule has 0 saturated carbocycles. The maximum absolute atomic E-state index is 13.5. The lowest BCUT2D eigenvalue weighted by Crippen LogP contribution is -2.60. The largest absolute Gasteiger partial charge is 0.714 e. The monoisotopic (exact) mass is 338 g/mol. The molecule has 132 valence electrons. The van der Waals surface area contributed by atoms with Gasteiger partial charge in [-0.2, -0.15) is 0 Å². The van der Waals surface area contributed by atoms with E-state index in [0.29, 0.717) is 31.2 Å². The topological polar surface area (TPSA) is 49.5 Å². The molecule has 25 heavy (non-hydrogen) atoms. The molecule has 1 heterocycles. The number of nitrogens with zero attached hydrogens (tertiary/aromatic N) is 2. The van der Waals surface area contributed by atoms with E-state index in [1.165, 1.54) is 0 Å². The highest BCUT2D eigenvalue weighted by atomic mass is 16.5. The van der Waals surface area contributed by atoms with Crippen molar-refractivity contribution in [2.24, 2.45) is 0 Å². The second kappa shape index (κ2) is 7.53. The van der Waals surface area contributed by atoms with Gasteiger partial charge in [-0.1, -0.05) is 42.5 Å². The molecule has 0 radical (unpaired) electrons. The Kier molecular flexibility index (Phi) is 5.65. The van der Waals surface area contributed by atoms with E-state index in [4.69, 9.17) is 0 Å². The quantitative estimate of drug-likeness (QED) is 0.412. The molecule has 0 spiro atoms. The van der Waals surface area contributed by atoms with E-state index in [9.17, 15) is 10.4 Å². The predicted molar refractivity (Wildman–Crippen MR) is 103 cm³/mol. The number of amidine groups is 1. The minimum atomic E-state index is -0.946. The van der Waals surface area contributed by atoms with Crippen LogP contribution in [0, 0.1) is 5.21 Å². The van der Waals surface area contributed by atoms with Gasteiger partial charge in [-0.25, -0.2) is 5.21 Å². The van der Waals surface area contributed by atoms with Crippen molar-refractivity contribution in [2.45, 2.75) is 36.8 Å². The third-order valence-electron chi connectivity index (χ3n) is 5.01. The summed E-state index contributed by atoms with van der Waals surface area (Å²) >= 11 is 0. The predicted octanol–water partition coefficient (Wildman–Crippen LogP) is 4.43. The van der Waals surface area contributed by atoms with Crippen molar-refractivity contribution in [3.63, 3.8) is 0 Å². The fourth-order valence-corrected chi connectivity index (χ4v) is 3.92. The molecule has 0 aromatic heterocycles. The smallest absolute Gasteiger partial charge is 0.313 e. The van der Waals surface area contributed by atoms with Crippen LogP contribution in [0.1, 0.15) is 31.2 Å². The van der Waals surface area contributed by atoms with Crippen LogP contribution in [0.5, 0.6) is 0 Å². The normalized spacial score (nSPS) is 18.0. The SMILES string of the molecule is C=CCC1(CC=C)N(O)C(c2ccccc2)=[N+]([O-])C1(CC=C)CC=C. The van der Waals surface area contributed by atoms with Crippen LogP contribution < -0.4 is 0 Å². The van der Waals surface area contributed by atoms with Gasteiger partial charge in [0.1, 0.15) is 0 Å². The zero-order chi connectivity index (χ0) is 18.5. The molecular formula is C21H26N2O2. The van der Waals surface area contributed by atoms with Gasteiger partial charge in [0.15, 0.2) is 11.1 Å². The van der Waals surface area contributed by atoms with Crippen LogP contribution >= 0.6 is 0 Å². The first-order valence-corrected chi connectivity index (χ1v) is 8.37. The van der Waals surface area contributed by atoms with E-state index in [2.05, 4.69) is 26.3 Å². The second-order valence-electron chi connectivity index (χ2n) is 6.33. The molecule has 1 aromatic carbocycles. The first-order valence-electron chi connectivity index (χ1n) is 8.37. The van der Waals surface area contributed by atoms with Gasteiger partial charge in [-0.3, -0.25) is 4.74 Å². The molecule has 0 fully saturated rings. The molecule has 0 bridgehead atoms. The van der Waals surface area contributed by atoms with Crippen LogP contribution in [0.15, 0.2) is 81.0 Å². The van der Waals surface area contributed by atoms with Crippen molar-refractivity contribution in [2.75, 3.05) is 0 Å². The van der Waals surface area contributed by atoms with Gasteiger partial charge in [0.05, 0.1) is 5.56 Å². The number of hydrogen-bond acceptors (Lipinski definition) is 3. The highest BCUT2D eigenvalue weighted by molar-refractivity contribution is 5.96. The number of hydroxylamine groups is 3. The first-order chi connectivity index (χ1) is 12.0. The number of rotatable bonds is 9. The van der Waals surface area contributed by atoms with Gasteiger partial charge >= 0.3 is 5.84 Å². The highest BCUT2D eigenvalue weighted by Crippen LogP contribution is 2.48. The number of hydrogen-bond donors (Lipinski definition) is 1. The summed E-state index contributed by atoms with van der Waals surface area (Å²) in [7, 11) is 0. The summed E-state index contributed by atoms with van der Waals surface area (Å²) in [4.78, 5) is 0. The van der Waals surface area contributed by atoms with Gasteiger partial charge < -0.3 is 5.21 Å². The van der Waals surface area contributed by atoms with Crippen LogP contribution in [-0.4, -0.2) is 31.9 Å². The Hall–Kier alpha value is -2.59. The molecule has 1 aliphatic rings. The average molecular weight is 338 g/mol. The third-order valence-corrected chi connectivity index (χ3v) is 5.01. The standard InChI is InChI=1S/C21H26N2O2/c1-5-14-20(15-6-2)21(16-7-3,17-8-4)23(25)19(22(20)24)18-12-10-9-11-13-18/h5-13,24H,1-4,14-17H2. The number of benzene rings is 1. The highest BCUT2D eigenvalue weighted by Gasteiger charge is 2.66. The average Bonchev–Trinajstić information content (AvgIpc) is 2.77. The molecule has 1 aromatic rings. The van der Waals surface area contributed by atoms with Crippen molar-refractivity contribution in [1.29, 1.82) is 0 Å². The molecule has 0 aliphatic carbocycles. The molecule has 1 aliphatic heterocycles. The summed E-state index contributed by atoms with van der Waals surface area (Å²) in [6.07, 6.45) is 8.55. The zero-order valence-electron chi connectivity index (χ0n) is 14.6. The minimum absolute atomic E-state index is 0.230. The lowest BCUT2D eigenvalue weighted by atomic mass is 9.69. The summed E-state index contributed by atoms with van der Waals surface area (Å²) in [5.74, 6) is 0.230. The Balaban J connectivity index is 2.79. The van der Waals surface area contributed by atoms with Crippen molar-refractivity contribution < 1.29 is 9.95 Å². The van der Waals surface area contributed by atoms with E-state index >= 15 is 0 Å². The Morgan fingerprint density at radius 1 is 0.920 bits per heavy atom. The lowest BCUT2D eigenvalue weighted by Gasteiger charge is -2.42. The van der Waals surface area contributed by atoms with Crippen molar-refractivity contribution in [3.8, 4) is 0 Å². The molecule has 4 nitrogen and oxygen atoms in total. The van der Waals surface area contributed by atoms with Crippen LogP contribution in [0.3, 0.4) is 0 Å². The molecule has 0 saturated heterocycles. The fourth-order valence-electron chi connectivity index (χ4n) is 3.92. The van der Waals surface area contributed by atoms with Crippen LogP contribution in [-0.2, 0) is 0 Å². The Morgan fingerprint density at radius 2 is 1.40 bits per heavy atom. The molecule has 2 rings (SSSR count). The van der Waals surface area contributed by atoms with Gasteiger partial charge in [-0.15, -0.1) is 31.4 Å². The minimum Gasteiger partial charge on any atom is -0.714 e. The van der Waals surface area contributed by atoms with Crippen molar-refractivity contribution in [3.05, 3.63) is 91.7 Å². The molecular weight excluding hydrogens is 312 g/mol. The zero-order valence-corrected chi connectivity index (χ0v) is 14.6. The van der Waals surface area contributed by atoms with Crippen molar-refractivity contribution in [1.82, 2.24) is 5.06 Å². The summed E-state index contributed by atoms with van der Waals surface area (Å²) < 4.78 is 0.929. The maximum Gasteiger partial charge on any atom is 0.313 e. The summed E-state index contributed by atoms with van der Waals surface area (Å²) in [6, 6.07) is 9.18. The molecule has 1 N–H and O–H groups in total. The Labute approximate surface area is 150 Å². The van der Waals surface area contributed by atoms with Gasteiger partial charge in [0.25, 0.3) is 0 Å². The Bertz CT molecular complexity index is 671. The first kappa shape index (κ1) is 18.7. The molecule has 4 heteroatoms. The summed E-state index contributed by atoms with van der Waals surface area (Å²) in [5, 5.41) is 25.8. The second-order valence-corrected chi connectivity index (χ2v) is 6.33. The maximum atomic E-state index is 13.5. The molecule has 0 unspecified atom stereocenters. The van der Waals surface area contributed by atoms with Crippen molar-refractivity contribution >= 4 is 5.84 Å². The molecule has 0 atom stereocenters. The van der Waals surface area contributed by atoms with Gasteiger partial charge in [-0.05, 0) is 12.1 Å². The van der Waals surface area contributed by atoms with Gasteiger partial charge in [0.2, 0.25) is 0 Å². The Morgan fingerprint density at radius 3 is 1.84 bits per heavy atom. The van der Waals surface area contributed by atoms with Crippen LogP contribution in [0.2, 0.25) is 0 Å². The van der Waals surface area contributed by atoms with Crippen LogP contribution in [0.25, 0.3) is 0 Å². The lowest BCUT2D eigenvalue weighted by molar-refractivity contribution is -0.550.